The summed E-state index contributed by atoms with van der Waals surface area (Å²) in [6.45, 7) is 3.45. The number of halogens is 3. The van der Waals surface area contributed by atoms with E-state index in [1.54, 1.807) is 35.9 Å². The molecule has 1 aromatic carbocycles. The second-order valence-electron chi connectivity index (χ2n) is 8.64. The number of ether oxygens (including phenoxy) is 1. The molecule has 1 saturated heterocycles. The minimum atomic E-state index is -0.674. The van der Waals surface area contributed by atoms with Crippen molar-refractivity contribution in [1.82, 2.24) is 14.5 Å². The van der Waals surface area contributed by atoms with Gasteiger partial charge in [0.2, 0.25) is 0 Å². The van der Waals surface area contributed by atoms with E-state index in [-0.39, 0.29) is 16.4 Å². The average Bonchev–Trinajstić information content (AvgIpc) is 3.22. The summed E-state index contributed by atoms with van der Waals surface area (Å²) in [6, 6.07) is 8.19. The Balaban J connectivity index is 1.57. The zero-order valence-corrected chi connectivity index (χ0v) is 20.6. The van der Waals surface area contributed by atoms with Gasteiger partial charge >= 0.3 is 0 Å². The molecule has 34 heavy (non-hydrogen) atoms. The van der Waals surface area contributed by atoms with Crippen LogP contribution in [0.25, 0.3) is 11.1 Å². The predicted octanol–water partition coefficient (Wildman–Crippen LogP) is 5.56. The fourth-order valence-corrected chi connectivity index (χ4v) is 5.06. The van der Waals surface area contributed by atoms with E-state index in [2.05, 4.69) is 16.9 Å². The molecule has 2 N–H and O–H groups in total. The van der Waals surface area contributed by atoms with Gasteiger partial charge in [-0.1, -0.05) is 23.2 Å². The van der Waals surface area contributed by atoms with Crippen LogP contribution in [0, 0.1) is 5.82 Å². The Morgan fingerprint density at radius 2 is 2.06 bits per heavy atom. The summed E-state index contributed by atoms with van der Waals surface area (Å²) in [5, 5.41) is 0.198. The van der Waals surface area contributed by atoms with E-state index in [1.807, 2.05) is 6.20 Å². The van der Waals surface area contributed by atoms with Gasteiger partial charge in [0.05, 0.1) is 5.02 Å². The minimum Gasteiger partial charge on any atom is -0.482 e. The molecule has 3 aromatic rings. The average molecular weight is 505 g/mol. The number of aryl methyl sites for hydroxylation is 1. The molecule has 0 aliphatic carbocycles. The van der Waals surface area contributed by atoms with Gasteiger partial charge in [0.1, 0.15) is 11.9 Å². The SMILES string of the molecule is CC(Oc1cc(-c2ccc(=O)n(CCC3CCCN3C)c2)cnc1N)c1c(Cl)ccc(F)c1Cl. The first-order valence-electron chi connectivity index (χ1n) is 11.2. The van der Waals surface area contributed by atoms with Crippen molar-refractivity contribution in [2.24, 2.45) is 0 Å². The molecular weight excluding hydrogens is 478 g/mol. The molecule has 2 atom stereocenters. The van der Waals surface area contributed by atoms with Gasteiger partial charge in [-0.15, -0.1) is 0 Å². The number of nitrogen functional groups attached to an aromatic ring is 1. The van der Waals surface area contributed by atoms with Crippen molar-refractivity contribution in [2.75, 3.05) is 19.3 Å². The zero-order valence-electron chi connectivity index (χ0n) is 19.1. The fourth-order valence-electron chi connectivity index (χ4n) is 4.38. The summed E-state index contributed by atoms with van der Waals surface area (Å²) in [7, 11) is 2.13. The third kappa shape index (κ3) is 5.22. The van der Waals surface area contributed by atoms with Gasteiger partial charge in [-0.25, -0.2) is 9.37 Å². The van der Waals surface area contributed by atoms with E-state index in [4.69, 9.17) is 33.7 Å². The smallest absolute Gasteiger partial charge is 0.250 e. The van der Waals surface area contributed by atoms with Crippen LogP contribution in [0.5, 0.6) is 5.75 Å². The number of aromatic nitrogens is 2. The van der Waals surface area contributed by atoms with Gasteiger partial charge in [-0.3, -0.25) is 4.79 Å². The molecule has 0 amide bonds. The van der Waals surface area contributed by atoms with Crippen molar-refractivity contribution in [3.63, 3.8) is 0 Å². The van der Waals surface area contributed by atoms with Crippen LogP contribution in [-0.4, -0.2) is 34.1 Å². The molecule has 1 aliphatic rings. The molecule has 6 nitrogen and oxygen atoms in total. The van der Waals surface area contributed by atoms with Gasteiger partial charge < -0.3 is 19.9 Å². The molecule has 2 unspecified atom stereocenters. The number of pyridine rings is 2. The zero-order chi connectivity index (χ0) is 24.4. The number of nitrogens with zero attached hydrogens (tertiary/aromatic N) is 3. The van der Waals surface area contributed by atoms with Gasteiger partial charge in [0.25, 0.3) is 5.56 Å². The monoisotopic (exact) mass is 504 g/mol. The Labute approximate surface area is 208 Å². The molecule has 1 fully saturated rings. The normalized spacial score (nSPS) is 17.1. The summed E-state index contributed by atoms with van der Waals surface area (Å²) in [5.74, 6) is -0.0917. The topological polar surface area (TPSA) is 73.4 Å². The van der Waals surface area contributed by atoms with E-state index >= 15 is 0 Å². The summed E-state index contributed by atoms with van der Waals surface area (Å²) in [5.41, 5.74) is 7.88. The lowest BCUT2D eigenvalue weighted by Gasteiger charge is -2.20. The highest BCUT2D eigenvalue weighted by Gasteiger charge is 2.21. The molecule has 3 heterocycles. The maximum Gasteiger partial charge on any atom is 0.250 e. The fraction of sp³-hybridized carbons (Fsp3) is 0.360. The lowest BCUT2D eigenvalue weighted by molar-refractivity contribution is 0.227. The molecule has 0 bridgehead atoms. The van der Waals surface area contributed by atoms with Crippen LogP contribution < -0.4 is 16.0 Å². The molecule has 0 saturated carbocycles. The number of anilines is 1. The van der Waals surface area contributed by atoms with Crippen LogP contribution in [0.1, 0.15) is 37.9 Å². The molecule has 0 spiro atoms. The molecule has 2 aromatic heterocycles. The minimum absolute atomic E-state index is 0.0479. The van der Waals surface area contributed by atoms with Crippen molar-refractivity contribution in [1.29, 1.82) is 0 Å². The maximum absolute atomic E-state index is 14.0. The second-order valence-corrected chi connectivity index (χ2v) is 9.42. The van der Waals surface area contributed by atoms with E-state index in [1.165, 1.54) is 18.6 Å². The highest BCUT2D eigenvalue weighted by molar-refractivity contribution is 6.36. The van der Waals surface area contributed by atoms with Crippen LogP contribution in [0.3, 0.4) is 0 Å². The molecule has 4 rings (SSSR count). The third-order valence-electron chi connectivity index (χ3n) is 6.36. The Morgan fingerprint density at radius 1 is 1.26 bits per heavy atom. The summed E-state index contributed by atoms with van der Waals surface area (Å²) >= 11 is 12.4. The summed E-state index contributed by atoms with van der Waals surface area (Å²) < 4.78 is 21.7. The van der Waals surface area contributed by atoms with Crippen molar-refractivity contribution in [3.05, 3.63) is 74.5 Å². The quantitative estimate of drug-likeness (QED) is 0.426. The largest absolute Gasteiger partial charge is 0.482 e. The first kappa shape index (κ1) is 24.5. The van der Waals surface area contributed by atoms with Crippen LogP contribution in [0.4, 0.5) is 10.2 Å². The van der Waals surface area contributed by atoms with Gasteiger partial charge in [-0.2, -0.15) is 0 Å². The van der Waals surface area contributed by atoms with E-state index in [9.17, 15) is 9.18 Å². The highest BCUT2D eigenvalue weighted by atomic mass is 35.5. The standard InChI is InChI=1S/C25H27Cl2FN4O2/c1-15(23-19(26)6-7-20(28)24(23)27)34-21-12-17(13-30-25(21)29)16-5-8-22(33)32(14-16)11-9-18-4-3-10-31(18)2/h5-8,12-15,18H,3-4,9-11H2,1-2H3,(H2,29,30). The van der Waals surface area contributed by atoms with Crippen molar-refractivity contribution >= 4 is 29.0 Å². The van der Waals surface area contributed by atoms with Gasteiger partial charge in [0, 0.05) is 47.2 Å². The Kier molecular flexibility index (Phi) is 7.45. The molecule has 1 aliphatic heterocycles. The number of hydrogen-bond acceptors (Lipinski definition) is 5. The third-order valence-corrected chi connectivity index (χ3v) is 7.08. The Morgan fingerprint density at radius 3 is 2.79 bits per heavy atom. The van der Waals surface area contributed by atoms with Crippen LogP contribution in [0.2, 0.25) is 10.0 Å². The van der Waals surface area contributed by atoms with Crippen molar-refractivity contribution in [3.8, 4) is 16.9 Å². The van der Waals surface area contributed by atoms with E-state index in [0.29, 0.717) is 28.9 Å². The maximum atomic E-state index is 14.0. The predicted molar refractivity (Wildman–Crippen MR) is 134 cm³/mol. The summed E-state index contributed by atoms with van der Waals surface area (Å²) in [6.07, 6.45) is 6.06. The van der Waals surface area contributed by atoms with Crippen LogP contribution >= 0.6 is 23.2 Å². The number of benzene rings is 1. The van der Waals surface area contributed by atoms with E-state index in [0.717, 1.165) is 30.5 Å². The number of hydrogen-bond donors (Lipinski definition) is 1. The lowest BCUT2D eigenvalue weighted by atomic mass is 10.1. The highest BCUT2D eigenvalue weighted by Crippen LogP contribution is 2.36. The molecular formula is C25H27Cl2FN4O2. The van der Waals surface area contributed by atoms with Crippen molar-refractivity contribution in [2.45, 2.75) is 44.9 Å². The van der Waals surface area contributed by atoms with E-state index < -0.39 is 11.9 Å². The van der Waals surface area contributed by atoms with Crippen molar-refractivity contribution < 1.29 is 9.13 Å². The Bertz CT molecular complexity index is 1250. The first-order chi connectivity index (χ1) is 16.2. The van der Waals surface area contributed by atoms with Crippen LogP contribution in [0.15, 0.2) is 47.5 Å². The molecule has 0 radical (unpaired) electrons. The lowest BCUT2D eigenvalue weighted by Crippen LogP contribution is -2.28. The van der Waals surface area contributed by atoms with Gasteiger partial charge in [-0.05, 0) is 69.6 Å². The Hall–Kier alpha value is -2.61. The van der Waals surface area contributed by atoms with Crippen LogP contribution in [-0.2, 0) is 6.54 Å². The molecule has 180 valence electrons. The molecule has 9 heteroatoms. The second kappa shape index (κ2) is 10.3. The number of nitrogens with two attached hydrogens (primary N) is 1. The summed E-state index contributed by atoms with van der Waals surface area (Å²) in [4.78, 5) is 19.0. The first-order valence-corrected chi connectivity index (χ1v) is 12.0. The van der Waals surface area contributed by atoms with Gasteiger partial charge in [0.15, 0.2) is 11.6 Å². The number of rotatable bonds is 7. The number of likely N-dealkylation sites (tertiary alicyclic amines) is 1.